The minimum atomic E-state index is -0.308. The highest BCUT2D eigenvalue weighted by Crippen LogP contribution is 2.32. The molecule has 0 saturated carbocycles. The van der Waals surface area contributed by atoms with Gasteiger partial charge in [0.1, 0.15) is 18.1 Å². The second kappa shape index (κ2) is 8.91. The van der Waals surface area contributed by atoms with Gasteiger partial charge in [0.15, 0.2) is 5.82 Å². The average Bonchev–Trinajstić information content (AvgIpc) is 3.49. The highest BCUT2D eigenvalue weighted by atomic mass is 35.5. The van der Waals surface area contributed by atoms with Crippen LogP contribution in [0.1, 0.15) is 18.2 Å². The molecule has 3 aromatic heterocycles. The van der Waals surface area contributed by atoms with E-state index in [-0.39, 0.29) is 12.1 Å². The second-order valence-corrected chi connectivity index (χ2v) is 8.41. The Morgan fingerprint density at radius 1 is 1.09 bits per heavy atom. The van der Waals surface area contributed by atoms with Crippen LogP contribution in [-0.2, 0) is 7.05 Å². The predicted molar refractivity (Wildman–Crippen MR) is 123 cm³/mol. The summed E-state index contributed by atoms with van der Waals surface area (Å²) in [6, 6.07) is 3.05. The Labute approximate surface area is 199 Å². The van der Waals surface area contributed by atoms with Crippen LogP contribution in [0.25, 0.3) is 11.5 Å². The largest absolute Gasteiger partial charge is 0.341 e. The number of amides is 2. The number of urea groups is 1. The number of hydrazone groups is 1. The molecule has 5 heterocycles. The second-order valence-electron chi connectivity index (χ2n) is 7.60. The van der Waals surface area contributed by atoms with Crippen molar-refractivity contribution in [2.75, 3.05) is 31.1 Å². The molecular weight excluding hydrogens is 467 g/mol. The van der Waals surface area contributed by atoms with Crippen LogP contribution >= 0.6 is 23.2 Å². The molecule has 1 fully saturated rings. The maximum atomic E-state index is 13.2. The van der Waals surface area contributed by atoms with Gasteiger partial charge in [0.2, 0.25) is 5.95 Å². The van der Waals surface area contributed by atoms with Gasteiger partial charge in [-0.05, 0) is 12.1 Å². The fourth-order valence-corrected chi connectivity index (χ4v) is 4.31. The third-order valence-electron chi connectivity index (χ3n) is 5.62. The van der Waals surface area contributed by atoms with Gasteiger partial charge >= 0.3 is 6.03 Å². The quantitative estimate of drug-likeness (QED) is 0.559. The zero-order valence-corrected chi connectivity index (χ0v) is 19.2. The van der Waals surface area contributed by atoms with E-state index in [2.05, 4.69) is 30.1 Å². The number of rotatable bonds is 3. The maximum absolute atomic E-state index is 13.2. The number of nitrogens with zero attached hydrogens (tertiary/aromatic N) is 10. The number of aryl methyl sites for hydroxylation is 1. The molecule has 33 heavy (non-hydrogen) atoms. The van der Waals surface area contributed by atoms with Crippen molar-refractivity contribution in [2.24, 2.45) is 12.1 Å². The van der Waals surface area contributed by atoms with Gasteiger partial charge in [-0.1, -0.05) is 23.2 Å². The Balaban J connectivity index is 1.28. The summed E-state index contributed by atoms with van der Waals surface area (Å²) in [5, 5.41) is 10.8. The lowest BCUT2D eigenvalue weighted by atomic mass is 10.1. The number of anilines is 1. The Morgan fingerprint density at radius 3 is 2.64 bits per heavy atom. The minimum absolute atomic E-state index is 0.174. The van der Waals surface area contributed by atoms with Gasteiger partial charge in [-0.2, -0.15) is 10.2 Å². The molecule has 2 aliphatic rings. The molecule has 11 nitrogen and oxygen atoms in total. The van der Waals surface area contributed by atoms with Gasteiger partial charge in [-0.25, -0.2) is 29.4 Å². The number of halogens is 2. The summed E-state index contributed by atoms with van der Waals surface area (Å²) >= 11 is 12.6. The number of carbonyl (C=O) groups is 1. The molecular formula is C20H20Cl2N10O. The Morgan fingerprint density at radius 2 is 1.91 bits per heavy atom. The molecule has 1 atom stereocenters. The fourth-order valence-electron chi connectivity index (χ4n) is 3.89. The van der Waals surface area contributed by atoms with Gasteiger partial charge in [0.05, 0.1) is 21.9 Å². The molecule has 0 N–H and O–H groups in total. The SMILES string of the molecule is Cn1ncnc1-c1nc(N2CCN(C(=O)N3N=CCC3c3ncccc3Cl)CC2)ncc1Cl. The van der Waals surface area contributed by atoms with E-state index in [0.29, 0.717) is 65.8 Å². The van der Waals surface area contributed by atoms with E-state index in [4.69, 9.17) is 23.2 Å². The highest BCUT2D eigenvalue weighted by Gasteiger charge is 2.35. The monoisotopic (exact) mass is 486 g/mol. The first-order valence-corrected chi connectivity index (χ1v) is 11.1. The number of hydrogen-bond donors (Lipinski definition) is 0. The standard InChI is InChI=1S/C20H20Cl2N10O/c1-29-18(25-12-27-29)17-14(22)11-24-19(28-17)30-7-9-31(10-8-30)20(33)32-15(4-6-26-32)16-13(21)3-2-5-23-16/h2-3,5-6,11-12,15H,4,7-10H2,1H3. The molecule has 5 rings (SSSR count). The molecule has 1 unspecified atom stereocenters. The highest BCUT2D eigenvalue weighted by molar-refractivity contribution is 6.32. The van der Waals surface area contributed by atoms with E-state index in [0.717, 1.165) is 0 Å². The van der Waals surface area contributed by atoms with Crippen molar-refractivity contribution in [3.63, 3.8) is 0 Å². The van der Waals surface area contributed by atoms with Crippen LogP contribution < -0.4 is 4.90 Å². The van der Waals surface area contributed by atoms with Crippen LogP contribution in [0, 0.1) is 0 Å². The Hall–Kier alpha value is -3.31. The summed E-state index contributed by atoms with van der Waals surface area (Å²) in [4.78, 5) is 34.6. The maximum Gasteiger partial charge on any atom is 0.341 e. The predicted octanol–water partition coefficient (Wildman–Crippen LogP) is 2.65. The molecule has 13 heteroatoms. The van der Waals surface area contributed by atoms with Crippen LogP contribution in [0.3, 0.4) is 0 Å². The third-order valence-corrected chi connectivity index (χ3v) is 6.21. The van der Waals surface area contributed by atoms with E-state index < -0.39 is 0 Å². The normalized spacial score (nSPS) is 18.3. The lowest BCUT2D eigenvalue weighted by molar-refractivity contribution is 0.138. The van der Waals surface area contributed by atoms with Gasteiger partial charge in [0.25, 0.3) is 0 Å². The van der Waals surface area contributed by atoms with E-state index in [1.807, 2.05) is 4.90 Å². The van der Waals surface area contributed by atoms with Crippen molar-refractivity contribution in [1.29, 1.82) is 0 Å². The molecule has 1 saturated heterocycles. The summed E-state index contributed by atoms with van der Waals surface area (Å²) in [6.07, 6.45) is 6.98. The number of aromatic nitrogens is 6. The van der Waals surface area contributed by atoms with Crippen LogP contribution in [0.4, 0.5) is 10.7 Å². The first-order valence-electron chi connectivity index (χ1n) is 10.4. The van der Waals surface area contributed by atoms with E-state index in [1.54, 1.807) is 47.4 Å². The van der Waals surface area contributed by atoms with Gasteiger partial charge in [-0.15, -0.1) is 0 Å². The van der Waals surface area contributed by atoms with Crippen molar-refractivity contribution in [2.45, 2.75) is 12.5 Å². The van der Waals surface area contributed by atoms with Crippen molar-refractivity contribution in [1.82, 2.24) is 39.6 Å². The minimum Gasteiger partial charge on any atom is -0.337 e. The van der Waals surface area contributed by atoms with Gasteiger partial charge in [0, 0.05) is 52.1 Å². The number of hydrogen-bond acceptors (Lipinski definition) is 8. The van der Waals surface area contributed by atoms with Crippen LogP contribution in [0.15, 0.2) is 36.0 Å². The van der Waals surface area contributed by atoms with Crippen molar-refractivity contribution >= 4 is 41.4 Å². The van der Waals surface area contributed by atoms with Gasteiger partial charge in [-0.3, -0.25) is 4.98 Å². The summed E-state index contributed by atoms with van der Waals surface area (Å²) < 4.78 is 1.61. The fraction of sp³-hybridized carbons (Fsp3) is 0.350. The average molecular weight is 487 g/mol. The van der Waals surface area contributed by atoms with Crippen molar-refractivity contribution < 1.29 is 4.79 Å². The van der Waals surface area contributed by atoms with Crippen LogP contribution in [0.2, 0.25) is 10.0 Å². The van der Waals surface area contributed by atoms with Crippen LogP contribution in [-0.4, -0.2) is 78.0 Å². The molecule has 0 radical (unpaired) electrons. The molecule has 0 spiro atoms. The lowest BCUT2D eigenvalue weighted by Crippen LogP contribution is -2.52. The summed E-state index contributed by atoms with van der Waals surface area (Å²) in [7, 11) is 1.77. The molecule has 0 aliphatic carbocycles. The van der Waals surface area contributed by atoms with E-state index in [9.17, 15) is 4.79 Å². The first-order chi connectivity index (χ1) is 16.0. The molecule has 170 valence electrons. The van der Waals surface area contributed by atoms with Gasteiger partial charge < -0.3 is 9.80 Å². The first kappa shape index (κ1) is 21.5. The Bertz CT molecular complexity index is 1210. The zero-order valence-electron chi connectivity index (χ0n) is 17.7. The van der Waals surface area contributed by atoms with Crippen LogP contribution in [0.5, 0.6) is 0 Å². The smallest absolute Gasteiger partial charge is 0.337 e. The molecule has 2 aliphatic heterocycles. The lowest BCUT2D eigenvalue weighted by Gasteiger charge is -2.37. The zero-order chi connectivity index (χ0) is 22.9. The van der Waals surface area contributed by atoms with Crippen molar-refractivity contribution in [3.8, 4) is 11.5 Å². The summed E-state index contributed by atoms with van der Waals surface area (Å²) in [5.74, 6) is 1.09. The molecule has 3 aromatic rings. The van der Waals surface area contributed by atoms with E-state index >= 15 is 0 Å². The number of carbonyl (C=O) groups excluding carboxylic acids is 1. The Kier molecular flexibility index (Phi) is 5.81. The third kappa shape index (κ3) is 4.09. The molecule has 2 amide bonds. The van der Waals surface area contributed by atoms with Crippen molar-refractivity contribution in [3.05, 3.63) is 46.6 Å². The molecule has 0 bridgehead atoms. The number of pyridine rings is 1. The molecule has 0 aromatic carbocycles. The topological polar surface area (TPSA) is 109 Å². The summed E-state index contributed by atoms with van der Waals surface area (Å²) in [6.45, 7) is 2.13. The van der Waals surface area contributed by atoms with E-state index in [1.165, 1.54) is 11.3 Å². The number of piperazine rings is 1. The summed E-state index contributed by atoms with van der Waals surface area (Å²) in [5.41, 5.74) is 1.16.